The number of aryl methyl sites for hydroxylation is 1. The van der Waals surface area contributed by atoms with Gasteiger partial charge in [-0.1, -0.05) is 24.5 Å². The Labute approximate surface area is 131 Å². The van der Waals surface area contributed by atoms with Crippen LogP contribution in [0.4, 0.5) is 4.39 Å². The molecule has 0 aliphatic heterocycles. The molecular weight excluding hydrogens is 282 g/mol. The first-order chi connectivity index (χ1) is 10.1. The van der Waals surface area contributed by atoms with Gasteiger partial charge in [0, 0.05) is 11.6 Å². The standard InChI is InChI=1S/C16H21BFN2O2/c1-6-10-7-12(17-22-16(4,5)15(2,3)21)8-11-9-19-14(18)20-13(10)11/h7-9,21H,6H2,1-5H3. The summed E-state index contributed by atoms with van der Waals surface area (Å²) in [5.74, 6) is 0. The highest BCUT2D eigenvalue weighted by atomic mass is 19.1. The zero-order valence-corrected chi connectivity index (χ0v) is 13.6. The predicted octanol–water partition coefficient (Wildman–Crippen LogP) is 2.14. The van der Waals surface area contributed by atoms with Gasteiger partial charge in [-0.15, -0.1) is 0 Å². The predicted molar refractivity (Wildman–Crippen MR) is 85.7 cm³/mol. The summed E-state index contributed by atoms with van der Waals surface area (Å²) in [7, 11) is 1.61. The van der Waals surface area contributed by atoms with Gasteiger partial charge in [0.25, 0.3) is 0 Å². The maximum absolute atomic E-state index is 13.2. The summed E-state index contributed by atoms with van der Waals surface area (Å²) in [5.41, 5.74) is 0.647. The Hall–Kier alpha value is -1.53. The van der Waals surface area contributed by atoms with Gasteiger partial charge in [-0.05, 0) is 39.7 Å². The average molecular weight is 303 g/mol. The summed E-state index contributed by atoms with van der Waals surface area (Å²) < 4.78 is 19.0. The topological polar surface area (TPSA) is 55.2 Å². The Morgan fingerprint density at radius 2 is 1.95 bits per heavy atom. The van der Waals surface area contributed by atoms with Gasteiger partial charge in [0.1, 0.15) is 0 Å². The molecule has 1 aromatic heterocycles. The van der Waals surface area contributed by atoms with Crippen LogP contribution in [0.3, 0.4) is 0 Å². The van der Waals surface area contributed by atoms with E-state index < -0.39 is 17.3 Å². The molecule has 4 nitrogen and oxygen atoms in total. The van der Waals surface area contributed by atoms with Crippen molar-refractivity contribution in [3.05, 3.63) is 30.0 Å². The molecule has 0 unspecified atom stereocenters. The average Bonchev–Trinajstić information content (AvgIpc) is 2.43. The molecule has 117 valence electrons. The Balaban J connectivity index is 2.31. The maximum atomic E-state index is 13.2. The first-order valence-corrected chi connectivity index (χ1v) is 7.32. The molecule has 1 aromatic carbocycles. The molecule has 6 heteroatoms. The van der Waals surface area contributed by atoms with Crippen LogP contribution in [-0.4, -0.2) is 33.8 Å². The summed E-state index contributed by atoms with van der Waals surface area (Å²) >= 11 is 0. The van der Waals surface area contributed by atoms with Crippen LogP contribution in [0.2, 0.25) is 0 Å². The molecule has 0 atom stereocenters. The Morgan fingerprint density at radius 1 is 1.27 bits per heavy atom. The van der Waals surface area contributed by atoms with Crippen LogP contribution < -0.4 is 5.46 Å². The number of aliphatic hydroxyl groups is 1. The lowest BCUT2D eigenvalue weighted by molar-refractivity contribution is -0.0893. The minimum Gasteiger partial charge on any atom is -0.427 e. The molecule has 0 saturated carbocycles. The third-order valence-electron chi connectivity index (χ3n) is 4.10. The summed E-state index contributed by atoms with van der Waals surface area (Å²) in [6.07, 6.45) is 1.47. The highest BCUT2D eigenvalue weighted by molar-refractivity contribution is 6.47. The number of nitrogens with zero attached hydrogens (tertiary/aromatic N) is 2. The van der Waals surface area contributed by atoms with Gasteiger partial charge in [-0.3, -0.25) is 0 Å². The van der Waals surface area contributed by atoms with Gasteiger partial charge in [-0.2, -0.15) is 4.39 Å². The molecule has 1 radical (unpaired) electrons. The van der Waals surface area contributed by atoms with Crippen LogP contribution in [0, 0.1) is 6.08 Å². The van der Waals surface area contributed by atoms with Crippen LogP contribution >= 0.6 is 0 Å². The number of hydrogen-bond acceptors (Lipinski definition) is 4. The van der Waals surface area contributed by atoms with Crippen LogP contribution in [0.15, 0.2) is 18.3 Å². The van der Waals surface area contributed by atoms with E-state index >= 15 is 0 Å². The van der Waals surface area contributed by atoms with Gasteiger partial charge in [0.15, 0.2) is 0 Å². The van der Waals surface area contributed by atoms with Crippen molar-refractivity contribution in [1.82, 2.24) is 9.97 Å². The lowest BCUT2D eigenvalue weighted by Gasteiger charge is -2.37. The second kappa shape index (κ2) is 5.93. The number of halogens is 1. The Kier molecular flexibility index (Phi) is 4.54. The lowest BCUT2D eigenvalue weighted by atomic mass is 9.81. The second-order valence-corrected chi connectivity index (χ2v) is 6.42. The van der Waals surface area contributed by atoms with Crippen LogP contribution in [0.25, 0.3) is 10.9 Å². The first-order valence-electron chi connectivity index (χ1n) is 7.32. The molecule has 0 aliphatic rings. The normalized spacial score (nSPS) is 12.7. The van der Waals surface area contributed by atoms with E-state index in [0.29, 0.717) is 5.52 Å². The third-order valence-corrected chi connectivity index (χ3v) is 4.10. The Morgan fingerprint density at radius 3 is 2.55 bits per heavy atom. The SMILES string of the molecule is CCc1cc([B]OC(C)(C)C(C)(C)O)cc2cnc(F)nc12. The second-order valence-electron chi connectivity index (χ2n) is 6.42. The molecule has 0 aliphatic carbocycles. The van der Waals surface area contributed by atoms with E-state index in [0.717, 1.165) is 22.8 Å². The number of aromatic nitrogens is 2. The summed E-state index contributed by atoms with van der Waals surface area (Å²) in [6.45, 7) is 9.04. The third kappa shape index (κ3) is 3.44. The van der Waals surface area contributed by atoms with Gasteiger partial charge in [-0.25, -0.2) is 9.97 Å². The quantitative estimate of drug-likeness (QED) is 0.679. The van der Waals surface area contributed by atoms with E-state index in [1.165, 1.54) is 6.20 Å². The van der Waals surface area contributed by atoms with Crippen molar-refractivity contribution in [1.29, 1.82) is 0 Å². The van der Waals surface area contributed by atoms with E-state index in [4.69, 9.17) is 4.65 Å². The van der Waals surface area contributed by atoms with Crippen LogP contribution in [0.1, 0.15) is 40.2 Å². The summed E-state index contributed by atoms with van der Waals surface area (Å²) in [4.78, 5) is 7.46. The molecule has 1 N–H and O–H groups in total. The van der Waals surface area contributed by atoms with Gasteiger partial charge < -0.3 is 9.76 Å². The fourth-order valence-electron chi connectivity index (χ4n) is 1.92. The van der Waals surface area contributed by atoms with Crippen molar-refractivity contribution in [2.24, 2.45) is 0 Å². The van der Waals surface area contributed by atoms with Crippen molar-refractivity contribution in [2.45, 2.75) is 52.2 Å². The Bertz CT molecular complexity index is 684. The minimum absolute atomic E-state index is 0.619. The zero-order valence-electron chi connectivity index (χ0n) is 13.6. The van der Waals surface area contributed by atoms with E-state index in [9.17, 15) is 9.50 Å². The van der Waals surface area contributed by atoms with E-state index in [2.05, 4.69) is 9.97 Å². The molecule has 22 heavy (non-hydrogen) atoms. The summed E-state index contributed by atoms with van der Waals surface area (Å²) in [5, 5.41) is 10.9. The van der Waals surface area contributed by atoms with Gasteiger partial charge >= 0.3 is 13.6 Å². The minimum atomic E-state index is -0.986. The molecule has 0 bridgehead atoms. The van der Waals surface area contributed by atoms with E-state index in [-0.39, 0.29) is 0 Å². The van der Waals surface area contributed by atoms with Crippen LogP contribution in [0.5, 0.6) is 0 Å². The van der Waals surface area contributed by atoms with Crippen molar-refractivity contribution < 1.29 is 14.2 Å². The van der Waals surface area contributed by atoms with Crippen molar-refractivity contribution >= 4 is 23.8 Å². The van der Waals surface area contributed by atoms with E-state index in [1.807, 2.05) is 32.9 Å². The fourth-order valence-corrected chi connectivity index (χ4v) is 1.92. The lowest BCUT2D eigenvalue weighted by Crippen LogP contribution is -2.49. The number of hydrogen-bond donors (Lipinski definition) is 1. The first kappa shape index (κ1) is 16.8. The number of rotatable bonds is 5. The largest absolute Gasteiger partial charge is 0.427 e. The maximum Gasteiger partial charge on any atom is 0.330 e. The number of benzene rings is 1. The van der Waals surface area contributed by atoms with E-state index in [1.54, 1.807) is 21.3 Å². The highest BCUT2D eigenvalue weighted by Crippen LogP contribution is 2.24. The summed E-state index contributed by atoms with van der Waals surface area (Å²) in [6, 6.07) is 3.75. The monoisotopic (exact) mass is 303 g/mol. The van der Waals surface area contributed by atoms with Crippen molar-refractivity contribution in [2.75, 3.05) is 0 Å². The molecule has 1 heterocycles. The molecule has 0 spiro atoms. The molecule has 0 fully saturated rings. The fraction of sp³-hybridized carbons (Fsp3) is 0.500. The molecule has 0 saturated heterocycles. The van der Waals surface area contributed by atoms with Crippen molar-refractivity contribution in [3.63, 3.8) is 0 Å². The van der Waals surface area contributed by atoms with Gasteiger partial charge in [0.05, 0.1) is 16.7 Å². The van der Waals surface area contributed by atoms with Crippen molar-refractivity contribution in [3.8, 4) is 0 Å². The zero-order chi connectivity index (χ0) is 16.5. The number of fused-ring (bicyclic) bond motifs is 1. The molecule has 2 rings (SSSR count). The smallest absolute Gasteiger partial charge is 0.330 e. The highest BCUT2D eigenvalue weighted by Gasteiger charge is 2.35. The molecular formula is C16H21BFN2O2. The van der Waals surface area contributed by atoms with Crippen LogP contribution in [-0.2, 0) is 11.1 Å². The van der Waals surface area contributed by atoms with Gasteiger partial charge in [0.2, 0.25) is 0 Å². The molecule has 0 amide bonds. The molecule has 2 aromatic rings.